The summed E-state index contributed by atoms with van der Waals surface area (Å²) in [5.41, 5.74) is 4.09. The summed E-state index contributed by atoms with van der Waals surface area (Å²) in [5.74, 6) is 0. The highest BCUT2D eigenvalue weighted by Crippen LogP contribution is 2.15. The van der Waals surface area contributed by atoms with Crippen LogP contribution in [0.4, 0.5) is 4.79 Å². The number of carbonyl (C=O) groups excluding carboxylic acids is 1. The standard InChI is InChI=1S/C20H23N5O/c1-25-15-18(14-24-25)19-10-9-17(12-22-19)13-23-20(26)21-11-5-8-16-6-3-2-4-7-16/h2-4,6-7,9-10,12,14-15H,5,8,11,13H2,1H3,(H2,21,23,26). The molecule has 0 atom stereocenters. The van der Waals surface area contributed by atoms with E-state index in [1.165, 1.54) is 5.56 Å². The van der Waals surface area contributed by atoms with Gasteiger partial charge in [0.15, 0.2) is 0 Å². The molecule has 2 amide bonds. The molecule has 26 heavy (non-hydrogen) atoms. The van der Waals surface area contributed by atoms with Gasteiger partial charge in [-0.2, -0.15) is 5.10 Å². The van der Waals surface area contributed by atoms with Gasteiger partial charge in [0.2, 0.25) is 0 Å². The van der Waals surface area contributed by atoms with Crippen molar-refractivity contribution in [3.63, 3.8) is 0 Å². The van der Waals surface area contributed by atoms with Crippen LogP contribution >= 0.6 is 0 Å². The SMILES string of the molecule is Cn1cc(-c2ccc(CNC(=O)NCCCc3ccccc3)cn2)cn1. The van der Waals surface area contributed by atoms with E-state index in [0.717, 1.165) is 29.7 Å². The fourth-order valence-electron chi connectivity index (χ4n) is 2.64. The maximum Gasteiger partial charge on any atom is 0.315 e. The topological polar surface area (TPSA) is 71.8 Å². The van der Waals surface area contributed by atoms with E-state index in [1.807, 2.05) is 43.6 Å². The average molecular weight is 349 g/mol. The number of hydrogen-bond acceptors (Lipinski definition) is 3. The molecule has 0 aliphatic carbocycles. The van der Waals surface area contributed by atoms with E-state index in [1.54, 1.807) is 17.1 Å². The van der Waals surface area contributed by atoms with Gasteiger partial charge in [-0.25, -0.2) is 4.79 Å². The van der Waals surface area contributed by atoms with Crippen molar-refractivity contribution in [2.75, 3.05) is 6.54 Å². The molecular weight excluding hydrogens is 326 g/mol. The highest BCUT2D eigenvalue weighted by Gasteiger charge is 2.04. The van der Waals surface area contributed by atoms with Gasteiger partial charge in [-0.3, -0.25) is 9.67 Å². The normalized spacial score (nSPS) is 10.5. The Morgan fingerprint density at radius 2 is 1.88 bits per heavy atom. The Morgan fingerprint density at radius 1 is 1.04 bits per heavy atom. The lowest BCUT2D eigenvalue weighted by molar-refractivity contribution is 0.240. The average Bonchev–Trinajstić information content (AvgIpc) is 3.11. The minimum atomic E-state index is -0.158. The van der Waals surface area contributed by atoms with Crippen LogP contribution in [0.5, 0.6) is 0 Å². The zero-order chi connectivity index (χ0) is 18.2. The van der Waals surface area contributed by atoms with Crippen LogP contribution in [-0.2, 0) is 20.0 Å². The molecule has 0 saturated heterocycles. The Labute approximate surface area is 153 Å². The maximum absolute atomic E-state index is 11.9. The summed E-state index contributed by atoms with van der Waals surface area (Å²) in [5, 5.41) is 9.88. The summed E-state index contributed by atoms with van der Waals surface area (Å²) in [6.45, 7) is 1.10. The third-order valence-corrected chi connectivity index (χ3v) is 4.05. The van der Waals surface area contributed by atoms with E-state index < -0.39 is 0 Å². The van der Waals surface area contributed by atoms with Crippen molar-refractivity contribution in [1.29, 1.82) is 0 Å². The number of benzene rings is 1. The van der Waals surface area contributed by atoms with Gasteiger partial charge in [-0.15, -0.1) is 0 Å². The van der Waals surface area contributed by atoms with E-state index in [2.05, 4.69) is 32.8 Å². The summed E-state index contributed by atoms with van der Waals surface area (Å²) in [4.78, 5) is 16.3. The molecule has 6 heteroatoms. The number of carbonyl (C=O) groups is 1. The number of aromatic nitrogens is 3. The summed E-state index contributed by atoms with van der Waals surface area (Å²) < 4.78 is 1.74. The van der Waals surface area contributed by atoms with Gasteiger partial charge in [-0.1, -0.05) is 36.4 Å². The zero-order valence-electron chi connectivity index (χ0n) is 14.9. The van der Waals surface area contributed by atoms with Crippen molar-refractivity contribution in [3.8, 4) is 11.3 Å². The van der Waals surface area contributed by atoms with Crippen molar-refractivity contribution >= 4 is 6.03 Å². The highest BCUT2D eigenvalue weighted by molar-refractivity contribution is 5.73. The third kappa shape index (κ3) is 5.17. The molecule has 0 spiro atoms. The second kappa shape index (κ2) is 8.80. The van der Waals surface area contributed by atoms with Crippen LogP contribution in [0.25, 0.3) is 11.3 Å². The smallest absolute Gasteiger partial charge is 0.315 e. The van der Waals surface area contributed by atoms with Gasteiger partial charge in [0, 0.05) is 38.1 Å². The summed E-state index contributed by atoms with van der Waals surface area (Å²) >= 11 is 0. The molecule has 3 aromatic rings. The largest absolute Gasteiger partial charge is 0.338 e. The van der Waals surface area contributed by atoms with Crippen molar-refractivity contribution in [3.05, 3.63) is 72.2 Å². The Balaban J connectivity index is 1.37. The maximum atomic E-state index is 11.9. The number of hydrogen-bond donors (Lipinski definition) is 2. The van der Waals surface area contributed by atoms with E-state index in [-0.39, 0.29) is 6.03 Å². The number of nitrogens with zero attached hydrogens (tertiary/aromatic N) is 3. The number of aryl methyl sites for hydroxylation is 2. The summed E-state index contributed by atoms with van der Waals surface area (Å²) in [7, 11) is 1.88. The lowest BCUT2D eigenvalue weighted by Gasteiger charge is -2.08. The molecule has 0 saturated carbocycles. The van der Waals surface area contributed by atoms with Gasteiger partial charge in [0.05, 0.1) is 11.9 Å². The second-order valence-electron chi connectivity index (χ2n) is 6.15. The van der Waals surface area contributed by atoms with Crippen LogP contribution in [0.1, 0.15) is 17.5 Å². The molecule has 1 aromatic carbocycles. The van der Waals surface area contributed by atoms with Gasteiger partial charge < -0.3 is 10.6 Å². The first-order valence-electron chi connectivity index (χ1n) is 8.70. The quantitative estimate of drug-likeness (QED) is 0.644. The minimum absolute atomic E-state index is 0.158. The number of amides is 2. The predicted molar refractivity (Wildman–Crippen MR) is 101 cm³/mol. The molecule has 6 nitrogen and oxygen atoms in total. The third-order valence-electron chi connectivity index (χ3n) is 4.05. The highest BCUT2D eigenvalue weighted by atomic mass is 16.2. The summed E-state index contributed by atoms with van der Waals surface area (Å²) in [6, 6.07) is 14.0. The van der Waals surface area contributed by atoms with Gasteiger partial charge in [0.1, 0.15) is 0 Å². The zero-order valence-corrected chi connectivity index (χ0v) is 14.9. The molecule has 2 heterocycles. The summed E-state index contributed by atoms with van der Waals surface area (Å²) in [6.07, 6.45) is 7.35. The lowest BCUT2D eigenvalue weighted by atomic mass is 10.1. The first-order valence-corrected chi connectivity index (χ1v) is 8.70. The van der Waals surface area contributed by atoms with Crippen molar-refractivity contribution in [2.24, 2.45) is 7.05 Å². The molecule has 2 aromatic heterocycles. The van der Waals surface area contributed by atoms with E-state index in [0.29, 0.717) is 13.1 Å². The van der Waals surface area contributed by atoms with Gasteiger partial charge >= 0.3 is 6.03 Å². The monoisotopic (exact) mass is 349 g/mol. The number of urea groups is 1. The molecule has 134 valence electrons. The minimum Gasteiger partial charge on any atom is -0.338 e. The van der Waals surface area contributed by atoms with E-state index in [9.17, 15) is 4.79 Å². The molecule has 2 N–H and O–H groups in total. The Hall–Kier alpha value is -3.15. The number of pyridine rings is 1. The van der Waals surface area contributed by atoms with Crippen molar-refractivity contribution in [2.45, 2.75) is 19.4 Å². The molecule has 0 unspecified atom stereocenters. The predicted octanol–water partition coefficient (Wildman–Crippen LogP) is 2.91. The molecular formula is C20H23N5O. The van der Waals surface area contributed by atoms with Crippen molar-refractivity contribution < 1.29 is 4.79 Å². The molecule has 0 bridgehead atoms. The van der Waals surface area contributed by atoms with Gasteiger partial charge in [0.25, 0.3) is 0 Å². The van der Waals surface area contributed by atoms with E-state index in [4.69, 9.17) is 0 Å². The molecule has 0 aliphatic heterocycles. The molecule has 3 rings (SSSR count). The van der Waals surface area contributed by atoms with Crippen LogP contribution in [-0.4, -0.2) is 27.3 Å². The Kier molecular flexibility index (Phi) is 5.98. The van der Waals surface area contributed by atoms with Crippen LogP contribution in [0, 0.1) is 0 Å². The second-order valence-corrected chi connectivity index (χ2v) is 6.15. The van der Waals surface area contributed by atoms with Gasteiger partial charge in [-0.05, 0) is 30.0 Å². The first-order chi connectivity index (χ1) is 12.7. The molecule has 0 radical (unpaired) electrons. The Bertz CT molecular complexity index is 827. The number of nitrogens with one attached hydrogen (secondary N) is 2. The fraction of sp³-hybridized carbons (Fsp3) is 0.250. The lowest BCUT2D eigenvalue weighted by Crippen LogP contribution is -2.35. The number of rotatable bonds is 7. The van der Waals surface area contributed by atoms with Crippen LogP contribution in [0.3, 0.4) is 0 Å². The van der Waals surface area contributed by atoms with Crippen LogP contribution < -0.4 is 10.6 Å². The van der Waals surface area contributed by atoms with Crippen LogP contribution in [0.15, 0.2) is 61.1 Å². The van der Waals surface area contributed by atoms with Crippen molar-refractivity contribution in [1.82, 2.24) is 25.4 Å². The van der Waals surface area contributed by atoms with Crippen LogP contribution in [0.2, 0.25) is 0 Å². The molecule has 0 fully saturated rings. The van der Waals surface area contributed by atoms with E-state index >= 15 is 0 Å². The Morgan fingerprint density at radius 3 is 2.58 bits per heavy atom. The first kappa shape index (κ1) is 17.7. The fourth-order valence-corrected chi connectivity index (χ4v) is 2.64. The molecule has 0 aliphatic rings.